The number of alkyl halides is 3. The first-order chi connectivity index (χ1) is 18.1. The highest BCUT2D eigenvalue weighted by Crippen LogP contribution is 2.44. The summed E-state index contributed by atoms with van der Waals surface area (Å²) in [6, 6.07) is 9.25. The summed E-state index contributed by atoms with van der Waals surface area (Å²) >= 11 is 1.28. The molecule has 4 aromatic rings. The van der Waals surface area contributed by atoms with Gasteiger partial charge in [-0.05, 0) is 67.6 Å². The Morgan fingerprint density at radius 1 is 1.16 bits per heavy atom. The molecule has 0 radical (unpaired) electrons. The number of aromatic nitrogens is 4. The number of methoxy groups -OCH3 is 1. The van der Waals surface area contributed by atoms with E-state index < -0.39 is 23.4 Å². The maximum absolute atomic E-state index is 13.0. The van der Waals surface area contributed by atoms with E-state index >= 15 is 0 Å². The minimum atomic E-state index is -4.59. The zero-order valence-corrected chi connectivity index (χ0v) is 21.2. The molecule has 0 unspecified atom stereocenters. The first-order valence-electron chi connectivity index (χ1n) is 11.6. The average Bonchev–Trinajstić information content (AvgIpc) is 3.39. The van der Waals surface area contributed by atoms with Gasteiger partial charge in [0.05, 0.1) is 23.2 Å². The van der Waals surface area contributed by atoms with E-state index in [1.54, 1.807) is 43.5 Å². The number of halogens is 3. The summed E-state index contributed by atoms with van der Waals surface area (Å²) in [4.78, 5) is 29.1. The van der Waals surface area contributed by atoms with Gasteiger partial charge in [0.2, 0.25) is 5.95 Å². The van der Waals surface area contributed by atoms with Crippen LogP contribution in [0.2, 0.25) is 0 Å². The van der Waals surface area contributed by atoms with Gasteiger partial charge in [-0.25, -0.2) is 19.7 Å². The summed E-state index contributed by atoms with van der Waals surface area (Å²) in [5.74, 6) is -0.635. The molecule has 0 bridgehead atoms. The van der Waals surface area contributed by atoms with Crippen molar-refractivity contribution < 1.29 is 27.8 Å². The van der Waals surface area contributed by atoms with E-state index in [1.807, 2.05) is 0 Å². The number of rotatable bonds is 5. The number of thiazole rings is 1. The number of aryl methyl sites for hydroxylation is 2. The molecule has 8 nitrogen and oxygen atoms in total. The third-order valence-electron chi connectivity index (χ3n) is 6.22. The number of fused-ring (bicyclic) bond motifs is 1. The van der Waals surface area contributed by atoms with E-state index in [2.05, 4.69) is 25.3 Å². The van der Waals surface area contributed by atoms with E-state index in [4.69, 9.17) is 4.74 Å². The number of hydrogen-bond donors (Lipinski definition) is 2. The van der Waals surface area contributed by atoms with Gasteiger partial charge in [0.25, 0.3) is 0 Å². The number of nitrogens with one attached hydrogen (secondary N) is 1. The molecule has 38 heavy (non-hydrogen) atoms. The van der Waals surface area contributed by atoms with Crippen LogP contribution in [-0.2, 0) is 22.9 Å². The molecule has 1 aromatic carbocycles. The van der Waals surface area contributed by atoms with Crippen LogP contribution in [0.25, 0.3) is 10.6 Å². The van der Waals surface area contributed by atoms with E-state index in [9.17, 15) is 23.1 Å². The molecule has 0 saturated heterocycles. The number of aliphatic hydroxyl groups is 1. The largest absolute Gasteiger partial charge is 0.465 e. The van der Waals surface area contributed by atoms with Gasteiger partial charge in [-0.2, -0.15) is 13.2 Å². The van der Waals surface area contributed by atoms with Crippen molar-refractivity contribution in [3.05, 3.63) is 81.9 Å². The summed E-state index contributed by atoms with van der Waals surface area (Å²) < 4.78 is 43.9. The monoisotopic (exact) mass is 541 g/mol. The quantitative estimate of drug-likeness (QED) is 0.322. The lowest BCUT2D eigenvalue weighted by molar-refractivity contribution is -0.141. The minimum Gasteiger partial charge on any atom is -0.465 e. The van der Waals surface area contributed by atoms with Crippen molar-refractivity contribution in [1.29, 1.82) is 0 Å². The van der Waals surface area contributed by atoms with Crippen LogP contribution in [0.4, 0.5) is 24.8 Å². The Morgan fingerprint density at radius 2 is 1.97 bits per heavy atom. The number of carbonyl (C=O) groups is 1. The SMILES string of the molecule is COC(=O)c1ccc2c(c1)CCC[C@]2(O)c1ncc(-c2cc(Nc3nccc(C(F)(F)F)n3)cc(C)n2)s1. The van der Waals surface area contributed by atoms with Gasteiger partial charge in [-0.3, -0.25) is 4.98 Å². The molecule has 3 heterocycles. The van der Waals surface area contributed by atoms with Crippen LogP contribution < -0.4 is 5.32 Å². The molecule has 1 atom stereocenters. The van der Waals surface area contributed by atoms with Crippen LogP contribution in [0, 0.1) is 6.92 Å². The van der Waals surface area contributed by atoms with Gasteiger partial charge in [0, 0.05) is 23.8 Å². The second-order valence-electron chi connectivity index (χ2n) is 8.88. The fourth-order valence-electron chi connectivity index (χ4n) is 4.50. The lowest BCUT2D eigenvalue weighted by Crippen LogP contribution is -2.32. The summed E-state index contributed by atoms with van der Waals surface area (Å²) in [7, 11) is 1.32. The molecule has 12 heteroatoms. The highest BCUT2D eigenvalue weighted by atomic mass is 32.1. The fraction of sp³-hybridized carbons (Fsp3) is 0.269. The second-order valence-corrected chi connectivity index (χ2v) is 9.91. The van der Waals surface area contributed by atoms with E-state index in [0.717, 1.165) is 17.8 Å². The average molecular weight is 542 g/mol. The second kappa shape index (κ2) is 9.76. The van der Waals surface area contributed by atoms with E-state index in [1.165, 1.54) is 18.4 Å². The number of anilines is 2. The van der Waals surface area contributed by atoms with Crippen molar-refractivity contribution in [2.75, 3.05) is 12.4 Å². The molecule has 0 amide bonds. The summed E-state index contributed by atoms with van der Waals surface area (Å²) in [6.45, 7) is 1.76. The molecule has 5 rings (SSSR count). The van der Waals surface area contributed by atoms with Crippen LogP contribution in [-0.4, -0.2) is 38.1 Å². The van der Waals surface area contributed by atoms with Crippen molar-refractivity contribution in [1.82, 2.24) is 19.9 Å². The molecular formula is C26H22F3N5O3S. The highest BCUT2D eigenvalue weighted by Gasteiger charge is 2.39. The van der Waals surface area contributed by atoms with E-state index in [-0.39, 0.29) is 5.95 Å². The zero-order valence-electron chi connectivity index (χ0n) is 20.3. The maximum Gasteiger partial charge on any atom is 0.433 e. The van der Waals surface area contributed by atoms with Crippen molar-refractivity contribution in [3.63, 3.8) is 0 Å². The summed E-state index contributed by atoms with van der Waals surface area (Å²) in [6.07, 6.45) is -0.0492. The number of esters is 1. The Balaban J connectivity index is 1.45. The van der Waals surface area contributed by atoms with Crippen LogP contribution in [0.5, 0.6) is 0 Å². The molecule has 1 aliphatic carbocycles. The lowest BCUT2D eigenvalue weighted by atomic mass is 9.79. The summed E-state index contributed by atoms with van der Waals surface area (Å²) in [5, 5.41) is 15.0. The van der Waals surface area contributed by atoms with Crippen LogP contribution in [0.1, 0.15) is 50.7 Å². The van der Waals surface area contributed by atoms with Gasteiger partial charge in [0.1, 0.15) is 16.3 Å². The third-order valence-corrected chi connectivity index (χ3v) is 7.40. The molecule has 0 aliphatic heterocycles. The molecule has 3 aromatic heterocycles. The van der Waals surface area contributed by atoms with Gasteiger partial charge in [0.15, 0.2) is 0 Å². The minimum absolute atomic E-state index is 0.194. The van der Waals surface area contributed by atoms with E-state index in [0.29, 0.717) is 57.3 Å². The molecule has 196 valence electrons. The molecule has 0 spiro atoms. The molecule has 2 N–H and O–H groups in total. The zero-order chi connectivity index (χ0) is 27.1. The third kappa shape index (κ3) is 4.96. The topological polar surface area (TPSA) is 110 Å². The first kappa shape index (κ1) is 25.7. The molecule has 0 saturated carbocycles. The number of pyridine rings is 1. The molecule has 1 aliphatic rings. The standard InChI is InChI=1S/C26H22F3N5O3S/c1-14-10-17(33-24-30-9-7-21(34-24)26(27,28)29)12-19(32-14)20-13-31-23(38-20)25(36)8-3-4-15-11-16(22(35)37-2)5-6-18(15)25/h5-7,9-13,36H,3-4,8H2,1-2H3,(H,30,32,33,34)/t25-/m1/s1. The normalized spacial score (nSPS) is 17.1. The van der Waals surface area contributed by atoms with Crippen LogP contribution in [0.15, 0.2) is 48.8 Å². The number of carbonyl (C=O) groups excluding carboxylic acids is 1. The van der Waals surface area contributed by atoms with Crippen molar-refractivity contribution in [2.24, 2.45) is 0 Å². The Kier molecular flexibility index (Phi) is 6.61. The van der Waals surface area contributed by atoms with Crippen molar-refractivity contribution >= 4 is 28.9 Å². The Morgan fingerprint density at radius 3 is 2.74 bits per heavy atom. The van der Waals surface area contributed by atoms with Gasteiger partial charge >= 0.3 is 12.1 Å². The van der Waals surface area contributed by atoms with Gasteiger partial charge in [-0.15, -0.1) is 11.3 Å². The smallest absolute Gasteiger partial charge is 0.433 e. The van der Waals surface area contributed by atoms with Crippen LogP contribution >= 0.6 is 11.3 Å². The number of nitrogens with zero attached hydrogens (tertiary/aromatic N) is 4. The van der Waals surface area contributed by atoms with Crippen molar-refractivity contribution in [2.45, 2.75) is 38.0 Å². The predicted molar refractivity (Wildman–Crippen MR) is 134 cm³/mol. The molecular weight excluding hydrogens is 519 g/mol. The highest BCUT2D eigenvalue weighted by molar-refractivity contribution is 7.15. The Labute approximate surface area is 219 Å². The number of ether oxygens (including phenoxy) is 1. The number of benzene rings is 1. The maximum atomic E-state index is 13.0. The Hall–Kier alpha value is -3.90. The number of hydrogen-bond acceptors (Lipinski definition) is 9. The van der Waals surface area contributed by atoms with Crippen LogP contribution in [0.3, 0.4) is 0 Å². The van der Waals surface area contributed by atoms with Crippen molar-refractivity contribution in [3.8, 4) is 10.6 Å². The Bertz CT molecular complexity index is 1520. The molecule has 0 fully saturated rings. The lowest BCUT2D eigenvalue weighted by Gasteiger charge is -2.33. The van der Waals surface area contributed by atoms with Gasteiger partial charge < -0.3 is 15.2 Å². The predicted octanol–water partition coefficient (Wildman–Crippen LogP) is 5.42. The van der Waals surface area contributed by atoms with Gasteiger partial charge in [-0.1, -0.05) is 6.07 Å². The summed E-state index contributed by atoms with van der Waals surface area (Å²) in [5.41, 5.74) is 1.20. The first-order valence-corrected chi connectivity index (χ1v) is 12.5. The fourth-order valence-corrected chi connectivity index (χ4v) is 5.51.